The van der Waals surface area contributed by atoms with Crippen LogP contribution in [0.4, 0.5) is 0 Å². The molecule has 0 saturated carbocycles. The Morgan fingerprint density at radius 1 is 1.00 bits per heavy atom. The highest BCUT2D eigenvalue weighted by atomic mass is 16.5. The maximum Gasteiger partial charge on any atom is 0.306 e. The standard InChI is InChI=1S/C32H42N4O6/c1-5-22(4)29(30(39)32(41)36-17-26(18-36)27(37)12-11-24-15-33-20-34-16-24)35-31(40)25(13-21(2)3)14-28(38)42-19-23-9-7-6-8-10-23/h6-10,15-16,20-22,25-26,29H,5,11-14,17-19H2,1-4H3,(H,35,40)/t22-,25+,29?/m0/s1. The molecule has 1 aromatic heterocycles. The van der Waals surface area contributed by atoms with Crippen molar-refractivity contribution in [2.75, 3.05) is 13.1 Å². The predicted octanol–water partition coefficient (Wildman–Crippen LogP) is 3.33. The van der Waals surface area contributed by atoms with Gasteiger partial charge in [0, 0.05) is 37.8 Å². The van der Waals surface area contributed by atoms with Crippen LogP contribution >= 0.6 is 0 Å². The molecular weight excluding hydrogens is 536 g/mol. The van der Waals surface area contributed by atoms with E-state index in [1.807, 2.05) is 51.1 Å². The minimum atomic E-state index is -1.03. The summed E-state index contributed by atoms with van der Waals surface area (Å²) in [6, 6.07) is 8.25. The van der Waals surface area contributed by atoms with E-state index in [2.05, 4.69) is 15.3 Å². The summed E-state index contributed by atoms with van der Waals surface area (Å²) in [5.41, 5.74) is 1.71. The molecule has 1 aromatic carbocycles. The minimum Gasteiger partial charge on any atom is -0.461 e. The van der Waals surface area contributed by atoms with Crippen LogP contribution in [-0.4, -0.2) is 63.3 Å². The van der Waals surface area contributed by atoms with Gasteiger partial charge in [-0.1, -0.05) is 64.4 Å². The lowest BCUT2D eigenvalue weighted by Crippen LogP contribution is -2.59. The van der Waals surface area contributed by atoms with E-state index in [9.17, 15) is 24.0 Å². The third kappa shape index (κ3) is 9.56. The minimum absolute atomic E-state index is 0.0257. The highest BCUT2D eigenvalue weighted by Crippen LogP contribution is 2.22. The smallest absolute Gasteiger partial charge is 0.306 e. The number of esters is 1. The summed E-state index contributed by atoms with van der Waals surface area (Å²) in [5, 5.41) is 2.79. The van der Waals surface area contributed by atoms with Crippen molar-refractivity contribution in [1.29, 1.82) is 0 Å². The first kappa shape index (κ1) is 32.6. The van der Waals surface area contributed by atoms with Gasteiger partial charge in [-0.2, -0.15) is 0 Å². The summed E-state index contributed by atoms with van der Waals surface area (Å²) in [4.78, 5) is 74.3. The van der Waals surface area contributed by atoms with Crippen LogP contribution in [0.25, 0.3) is 0 Å². The van der Waals surface area contributed by atoms with Gasteiger partial charge >= 0.3 is 5.97 Å². The number of nitrogens with one attached hydrogen (secondary N) is 1. The van der Waals surface area contributed by atoms with E-state index in [1.54, 1.807) is 19.3 Å². The molecule has 1 saturated heterocycles. The molecule has 42 heavy (non-hydrogen) atoms. The Kier molecular flexibility index (Phi) is 12.3. The van der Waals surface area contributed by atoms with Crippen LogP contribution in [0, 0.1) is 23.7 Å². The summed E-state index contributed by atoms with van der Waals surface area (Å²) in [7, 11) is 0. The second kappa shape index (κ2) is 15.9. The van der Waals surface area contributed by atoms with E-state index < -0.39 is 35.5 Å². The average molecular weight is 579 g/mol. The van der Waals surface area contributed by atoms with Crippen LogP contribution in [0.5, 0.6) is 0 Å². The highest BCUT2D eigenvalue weighted by molar-refractivity contribution is 6.38. The lowest BCUT2D eigenvalue weighted by atomic mass is 9.88. The molecule has 3 atom stereocenters. The molecule has 226 valence electrons. The molecule has 2 heterocycles. The van der Waals surface area contributed by atoms with Crippen LogP contribution in [0.15, 0.2) is 49.1 Å². The lowest BCUT2D eigenvalue weighted by Gasteiger charge is -2.39. The number of ketones is 2. The second-order valence-electron chi connectivity index (χ2n) is 11.5. The van der Waals surface area contributed by atoms with Crippen LogP contribution in [0.3, 0.4) is 0 Å². The van der Waals surface area contributed by atoms with Gasteiger partial charge in [0.05, 0.1) is 18.4 Å². The van der Waals surface area contributed by atoms with Crippen LogP contribution < -0.4 is 5.32 Å². The Hall–Kier alpha value is -3.95. The number of aryl methyl sites for hydroxylation is 1. The number of hydrogen-bond acceptors (Lipinski definition) is 8. The van der Waals surface area contributed by atoms with Gasteiger partial charge in [-0.3, -0.25) is 24.0 Å². The fraction of sp³-hybridized carbons (Fsp3) is 0.531. The molecule has 1 N–H and O–H groups in total. The van der Waals surface area contributed by atoms with Gasteiger partial charge in [0.2, 0.25) is 11.7 Å². The van der Waals surface area contributed by atoms with Gasteiger partial charge in [-0.25, -0.2) is 9.97 Å². The number of Topliss-reactive ketones (excluding diaryl/α,β-unsaturated/α-hetero) is 2. The molecule has 1 fully saturated rings. The zero-order valence-corrected chi connectivity index (χ0v) is 25.0. The number of nitrogens with zero attached hydrogens (tertiary/aromatic N) is 3. The molecule has 10 heteroatoms. The molecule has 0 spiro atoms. The van der Waals surface area contributed by atoms with E-state index in [4.69, 9.17) is 4.74 Å². The van der Waals surface area contributed by atoms with Gasteiger partial charge in [-0.15, -0.1) is 0 Å². The third-order valence-corrected chi connectivity index (χ3v) is 7.68. The number of likely N-dealkylation sites (tertiary alicyclic amines) is 1. The Morgan fingerprint density at radius 3 is 2.29 bits per heavy atom. The summed E-state index contributed by atoms with van der Waals surface area (Å²) in [6.07, 6.45) is 6.44. The number of carbonyl (C=O) groups excluding carboxylic acids is 5. The lowest BCUT2D eigenvalue weighted by molar-refractivity contribution is -0.153. The number of benzene rings is 1. The Labute approximate surface area is 247 Å². The third-order valence-electron chi connectivity index (χ3n) is 7.68. The summed E-state index contributed by atoms with van der Waals surface area (Å²) in [6.45, 7) is 8.05. The SMILES string of the molecule is CC[C@H](C)C(NC(=O)[C@@H](CC(=O)OCc1ccccc1)CC(C)C)C(=O)C(=O)N1CC(C(=O)CCc2cncnc2)C1. The Balaban J connectivity index is 1.56. The van der Waals surface area contributed by atoms with Crippen molar-refractivity contribution in [2.45, 2.75) is 72.4 Å². The van der Waals surface area contributed by atoms with E-state index in [1.165, 1.54) is 11.2 Å². The van der Waals surface area contributed by atoms with Crippen LogP contribution in [0.1, 0.15) is 64.5 Å². The zero-order chi connectivity index (χ0) is 30.6. The second-order valence-corrected chi connectivity index (χ2v) is 11.5. The van der Waals surface area contributed by atoms with Gasteiger partial charge in [-0.05, 0) is 35.8 Å². The van der Waals surface area contributed by atoms with E-state index in [-0.39, 0.29) is 49.7 Å². The van der Waals surface area contributed by atoms with Gasteiger partial charge in [0.15, 0.2) is 0 Å². The molecule has 2 aromatic rings. The molecule has 1 aliphatic heterocycles. The monoisotopic (exact) mass is 578 g/mol. The van der Waals surface area contributed by atoms with Crippen molar-refractivity contribution >= 4 is 29.4 Å². The van der Waals surface area contributed by atoms with Gasteiger partial charge in [0.1, 0.15) is 18.7 Å². The molecule has 1 aliphatic rings. The van der Waals surface area contributed by atoms with E-state index in [0.29, 0.717) is 25.7 Å². The normalized spacial score (nSPS) is 15.3. The first-order valence-electron chi connectivity index (χ1n) is 14.7. The largest absolute Gasteiger partial charge is 0.461 e. The fourth-order valence-corrected chi connectivity index (χ4v) is 4.89. The molecular formula is C32H42N4O6. The van der Waals surface area contributed by atoms with Crippen molar-refractivity contribution in [2.24, 2.45) is 23.7 Å². The molecule has 0 radical (unpaired) electrons. The fourth-order valence-electron chi connectivity index (χ4n) is 4.89. The molecule has 1 unspecified atom stereocenters. The summed E-state index contributed by atoms with van der Waals surface area (Å²) >= 11 is 0. The maximum absolute atomic E-state index is 13.4. The number of hydrogen-bond donors (Lipinski definition) is 1. The van der Waals surface area contributed by atoms with Crippen molar-refractivity contribution in [3.8, 4) is 0 Å². The Morgan fingerprint density at radius 2 is 1.67 bits per heavy atom. The van der Waals surface area contributed by atoms with Crippen LogP contribution in [-0.2, 0) is 41.7 Å². The number of aromatic nitrogens is 2. The number of rotatable bonds is 16. The number of amides is 2. The Bertz CT molecular complexity index is 1210. The predicted molar refractivity (Wildman–Crippen MR) is 156 cm³/mol. The molecule has 10 nitrogen and oxygen atoms in total. The van der Waals surface area contributed by atoms with Crippen molar-refractivity contribution < 1.29 is 28.7 Å². The van der Waals surface area contributed by atoms with Gasteiger partial charge < -0.3 is 15.0 Å². The first-order chi connectivity index (χ1) is 20.1. The average Bonchev–Trinajstić information content (AvgIpc) is 2.96. The van der Waals surface area contributed by atoms with Crippen LogP contribution in [0.2, 0.25) is 0 Å². The summed E-state index contributed by atoms with van der Waals surface area (Å²) in [5.74, 6) is -3.55. The van der Waals surface area contributed by atoms with Gasteiger partial charge in [0.25, 0.3) is 5.91 Å². The van der Waals surface area contributed by atoms with E-state index in [0.717, 1.165) is 11.1 Å². The highest BCUT2D eigenvalue weighted by Gasteiger charge is 2.41. The maximum atomic E-state index is 13.4. The molecule has 2 amide bonds. The van der Waals surface area contributed by atoms with E-state index >= 15 is 0 Å². The van der Waals surface area contributed by atoms with Crippen molar-refractivity contribution in [1.82, 2.24) is 20.2 Å². The van der Waals surface area contributed by atoms with Crippen molar-refractivity contribution in [3.63, 3.8) is 0 Å². The topological polar surface area (TPSA) is 136 Å². The van der Waals surface area contributed by atoms with Crippen molar-refractivity contribution in [3.05, 3.63) is 60.2 Å². The quantitative estimate of drug-likeness (QED) is 0.237. The first-order valence-corrected chi connectivity index (χ1v) is 14.7. The summed E-state index contributed by atoms with van der Waals surface area (Å²) < 4.78 is 5.39. The molecule has 0 bridgehead atoms. The molecule has 0 aliphatic carbocycles. The molecule has 3 rings (SSSR count). The zero-order valence-electron chi connectivity index (χ0n) is 25.0. The number of ether oxygens (including phenoxy) is 1. The number of carbonyl (C=O) groups is 5.